The number of halogens is 1. The smallest absolute Gasteiger partial charge is 0.274 e. The number of hydrogen-bond acceptors (Lipinski definition) is 4. The first-order valence-corrected chi connectivity index (χ1v) is 4.23. The molecule has 0 atom stereocenters. The summed E-state index contributed by atoms with van der Waals surface area (Å²) in [6.07, 6.45) is 1.63. The lowest BCUT2D eigenvalue weighted by Crippen LogP contribution is -1.85. The number of nitrogens with zero attached hydrogens (tertiary/aromatic N) is 2. The molecule has 0 N–H and O–H groups in total. The van der Waals surface area contributed by atoms with E-state index in [-0.39, 0.29) is 5.69 Å². The number of pyridine rings is 1. The van der Waals surface area contributed by atoms with E-state index in [9.17, 15) is 4.79 Å². The Bertz CT molecular complexity index is 453. The van der Waals surface area contributed by atoms with Crippen molar-refractivity contribution in [3.63, 3.8) is 0 Å². The molecule has 0 spiro atoms. The first-order valence-electron chi connectivity index (χ1n) is 3.85. The molecule has 2 aromatic heterocycles. The second kappa shape index (κ2) is 3.59. The van der Waals surface area contributed by atoms with Crippen molar-refractivity contribution in [3.05, 3.63) is 36.2 Å². The summed E-state index contributed by atoms with van der Waals surface area (Å²) < 4.78 is 4.89. The molecule has 0 unspecified atom stereocenters. The third-order valence-electron chi connectivity index (χ3n) is 1.63. The van der Waals surface area contributed by atoms with Gasteiger partial charge in [0.1, 0.15) is 5.69 Å². The highest BCUT2D eigenvalue weighted by Crippen LogP contribution is 2.17. The monoisotopic (exact) mass is 208 g/mol. The van der Waals surface area contributed by atoms with Crippen LogP contribution in [0.25, 0.3) is 11.5 Å². The van der Waals surface area contributed by atoms with Crippen LogP contribution in [-0.2, 0) is 0 Å². The zero-order valence-electron chi connectivity index (χ0n) is 6.98. The Morgan fingerprint density at radius 3 is 2.86 bits per heavy atom. The molecule has 0 saturated heterocycles. The largest absolute Gasteiger partial charge is 0.354 e. The molecule has 4 nitrogen and oxygen atoms in total. The molecule has 14 heavy (non-hydrogen) atoms. The molecule has 0 aliphatic rings. The Labute approximate surface area is 84.5 Å². The van der Waals surface area contributed by atoms with Gasteiger partial charge in [-0.25, -0.2) is 0 Å². The Hall–Kier alpha value is -1.68. The van der Waals surface area contributed by atoms with Crippen molar-refractivity contribution < 1.29 is 9.32 Å². The summed E-state index contributed by atoms with van der Waals surface area (Å²) in [6.45, 7) is 0. The van der Waals surface area contributed by atoms with Crippen LogP contribution in [-0.4, -0.2) is 15.4 Å². The fourth-order valence-electron chi connectivity index (χ4n) is 0.997. The van der Waals surface area contributed by atoms with Gasteiger partial charge < -0.3 is 4.52 Å². The van der Waals surface area contributed by atoms with Gasteiger partial charge in [0.05, 0.1) is 0 Å². The van der Waals surface area contributed by atoms with Gasteiger partial charge in [0.2, 0.25) is 0 Å². The van der Waals surface area contributed by atoms with E-state index in [1.807, 2.05) is 6.07 Å². The Morgan fingerprint density at radius 1 is 1.43 bits per heavy atom. The molecule has 2 heterocycles. The van der Waals surface area contributed by atoms with Crippen molar-refractivity contribution in [2.75, 3.05) is 0 Å². The van der Waals surface area contributed by atoms with Crippen LogP contribution in [0.5, 0.6) is 0 Å². The fraction of sp³-hybridized carbons (Fsp3) is 0. The van der Waals surface area contributed by atoms with Gasteiger partial charge in [-0.1, -0.05) is 11.2 Å². The van der Waals surface area contributed by atoms with Gasteiger partial charge in [0, 0.05) is 12.3 Å². The SMILES string of the molecule is O=C(Cl)c1cc(-c2ccccn2)on1. The molecule has 0 amide bonds. The standard InChI is InChI=1S/C9H5ClN2O2/c10-9(13)7-5-8(14-12-7)6-3-1-2-4-11-6/h1-5H. The highest BCUT2D eigenvalue weighted by molar-refractivity contribution is 6.67. The third-order valence-corrected chi connectivity index (χ3v) is 1.82. The summed E-state index contributed by atoms with van der Waals surface area (Å²) in [4.78, 5) is 14.7. The fourth-order valence-corrected chi connectivity index (χ4v) is 1.09. The maximum Gasteiger partial charge on any atom is 0.274 e. The average molecular weight is 209 g/mol. The van der Waals surface area contributed by atoms with Gasteiger partial charge in [-0.05, 0) is 23.7 Å². The molecule has 2 rings (SSSR count). The van der Waals surface area contributed by atoms with Gasteiger partial charge >= 0.3 is 0 Å². The molecular formula is C9H5ClN2O2. The molecule has 0 aromatic carbocycles. The topological polar surface area (TPSA) is 56.0 Å². The molecular weight excluding hydrogens is 204 g/mol. The van der Waals surface area contributed by atoms with Crippen molar-refractivity contribution in [2.24, 2.45) is 0 Å². The molecule has 5 heteroatoms. The average Bonchev–Trinajstić information content (AvgIpc) is 2.68. The molecule has 70 valence electrons. The summed E-state index contributed by atoms with van der Waals surface area (Å²) in [7, 11) is 0. The minimum atomic E-state index is -0.643. The van der Waals surface area contributed by atoms with Gasteiger partial charge in [0.15, 0.2) is 11.5 Å². The molecule has 0 fully saturated rings. The number of aromatic nitrogens is 2. The zero-order chi connectivity index (χ0) is 9.97. The van der Waals surface area contributed by atoms with Crippen LogP contribution in [0.1, 0.15) is 10.5 Å². The molecule has 0 aliphatic carbocycles. The number of rotatable bonds is 2. The van der Waals surface area contributed by atoms with Crippen molar-refractivity contribution in [2.45, 2.75) is 0 Å². The normalized spacial score (nSPS) is 10.1. The first-order chi connectivity index (χ1) is 6.77. The minimum absolute atomic E-state index is 0.0901. The van der Waals surface area contributed by atoms with E-state index in [0.717, 1.165) is 0 Å². The van der Waals surface area contributed by atoms with E-state index in [1.165, 1.54) is 6.07 Å². The van der Waals surface area contributed by atoms with Gasteiger partial charge in [0.25, 0.3) is 5.24 Å². The van der Waals surface area contributed by atoms with Crippen LogP contribution >= 0.6 is 11.6 Å². The van der Waals surface area contributed by atoms with Crippen LogP contribution in [0.15, 0.2) is 35.0 Å². The lowest BCUT2D eigenvalue weighted by molar-refractivity contribution is 0.107. The quantitative estimate of drug-likeness (QED) is 0.710. The van der Waals surface area contributed by atoms with Gasteiger partial charge in [-0.3, -0.25) is 9.78 Å². The van der Waals surface area contributed by atoms with Crippen LogP contribution in [0, 0.1) is 0 Å². The Morgan fingerprint density at radius 2 is 2.29 bits per heavy atom. The predicted octanol–water partition coefficient (Wildman–Crippen LogP) is 2.12. The summed E-state index contributed by atoms with van der Waals surface area (Å²) in [5, 5.41) is 2.85. The van der Waals surface area contributed by atoms with Crippen LogP contribution < -0.4 is 0 Å². The lowest BCUT2D eigenvalue weighted by Gasteiger charge is -1.90. The maximum atomic E-state index is 10.7. The molecule has 2 aromatic rings. The van der Waals surface area contributed by atoms with E-state index in [2.05, 4.69) is 10.1 Å². The second-order valence-corrected chi connectivity index (χ2v) is 2.91. The van der Waals surface area contributed by atoms with Crippen molar-refractivity contribution in [1.82, 2.24) is 10.1 Å². The maximum absolute atomic E-state index is 10.7. The summed E-state index contributed by atoms with van der Waals surface area (Å²) in [5.74, 6) is 0.426. The zero-order valence-corrected chi connectivity index (χ0v) is 7.73. The first kappa shape index (κ1) is 8.90. The molecule has 0 bridgehead atoms. The molecule has 0 aliphatic heterocycles. The summed E-state index contributed by atoms with van der Waals surface area (Å²) in [5.41, 5.74) is 0.705. The summed E-state index contributed by atoms with van der Waals surface area (Å²) >= 11 is 5.22. The van der Waals surface area contributed by atoms with Crippen LogP contribution in [0.3, 0.4) is 0 Å². The molecule has 0 radical (unpaired) electrons. The van der Waals surface area contributed by atoms with E-state index < -0.39 is 5.24 Å². The number of carbonyl (C=O) groups excluding carboxylic acids is 1. The minimum Gasteiger partial charge on any atom is -0.354 e. The molecule has 0 saturated carbocycles. The third kappa shape index (κ3) is 1.65. The Balaban J connectivity index is 2.39. The van der Waals surface area contributed by atoms with Crippen molar-refractivity contribution >= 4 is 16.8 Å². The Kier molecular flexibility index (Phi) is 2.28. The highest BCUT2D eigenvalue weighted by atomic mass is 35.5. The lowest BCUT2D eigenvalue weighted by atomic mass is 10.3. The van der Waals surface area contributed by atoms with Crippen LogP contribution in [0.4, 0.5) is 0 Å². The van der Waals surface area contributed by atoms with Crippen molar-refractivity contribution in [3.8, 4) is 11.5 Å². The van der Waals surface area contributed by atoms with Crippen LogP contribution in [0.2, 0.25) is 0 Å². The van der Waals surface area contributed by atoms with E-state index in [0.29, 0.717) is 11.5 Å². The van der Waals surface area contributed by atoms with Gasteiger partial charge in [-0.2, -0.15) is 0 Å². The van der Waals surface area contributed by atoms with Crippen molar-refractivity contribution in [1.29, 1.82) is 0 Å². The van der Waals surface area contributed by atoms with Gasteiger partial charge in [-0.15, -0.1) is 0 Å². The van der Waals surface area contributed by atoms with E-state index >= 15 is 0 Å². The highest BCUT2D eigenvalue weighted by Gasteiger charge is 2.11. The van der Waals surface area contributed by atoms with E-state index in [1.54, 1.807) is 18.3 Å². The summed E-state index contributed by atoms with van der Waals surface area (Å²) in [6, 6.07) is 6.81. The second-order valence-electron chi connectivity index (χ2n) is 2.57. The predicted molar refractivity (Wildman–Crippen MR) is 49.9 cm³/mol. The van der Waals surface area contributed by atoms with E-state index in [4.69, 9.17) is 16.1 Å². The number of carbonyl (C=O) groups is 1. The number of hydrogen-bond donors (Lipinski definition) is 0.